The van der Waals surface area contributed by atoms with Crippen molar-refractivity contribution in [1.82, 2.24) is 24.2 Å². The molecule has 0 atom stereocenters. The molecule has 0 bridgehead atoms. The molecule has 38 heavy (non-hydrogen) atoms. The predicted octanol–water partition coefficient (Wildman–Crippen LogP) is 3.62. The summed E-state index contributed by atoms with van der Waals surface area (Å²) in [5.74, 6) is 2.64. The zero-order valence-electron chi connectivity index (χ0n) is 22.0. The number of fused-ring (bicyclic) bond motifs is 2. The van der Waals surface area contributed by atoms with Gasteiger partial charge in [-0.2, -0.15) is 4.37 Å². The van der Waals surface area contributed by atoms with Crippen molar-refractivity contribution in [3.63, 3.8) is 0 Å². The molecule has 5 aromatic rings. The van der Waals surface area contributed by atoms with Crippen LogP contribution in [0.1, 0.15) is 27.7 Å². The van der Waals surface area contributed by atoms with Gasteiger partial charge in [-0.05, 0) is 52.4 Å². The molecular formula is C26H27N6NaO4S. The van der Waals surface area contributed by atoms with Gasteiger partial charge in [-0.3, -0.25) is 4.37 Å². The normalized spacial score (nSPS) is 10.8. The van der Waals surface area contributed by atoms with Crippen LogP contribution in [0, 0.1) is 22.0 Å². The Morgan fingerprint density at radius 3 is 1.74 bits per heavy atom. The smallest absolute Gasteiger partial charge is 0.493 e. The third-order valence-electron chi connectivity index (χ3n) is 5.45. The van der Waals surface area contributed by atoms with Crippen molar-refractivity contribution >= 4 is 33.8 Å². The number of hydrogen-bond acceptors (Lipinski definition) is 10. The minimum absolute atomic E-state index is 0. The van der Waals surface area contributed by atoms with Gasteiger partial charge in [0.15, 0.2) is 0 Å². The van der Waals surface area contributed by atoms with Crippen LogP contribution < -0.4 is 39.0 Å². The van der Waals surface area contributed by atoms with Crippen molar-refractivity contribution < 1.29 is 39.0 Å². The zero-order chi connectivity index (χ0) is 26.4. The molecule has 12 heteroatoms. The van der Waals surface area contributed by atoms with Crippen molar-refractivity contribution in [1.29, 1.82) is 0 Å². The number of nitrogens with zero attached hydrogens (tertiary/aromatic N) is 5. The molecular weight excluding hydrogens is 515 g/mol. The fourth-order valence-electron chi connectivity index (χ4n) is 3.84. The summed E-state index contributed by atoms with van der Waals surface area (Å²) in [6.45, 7) is 9.91. The summed E-state index contributed by atoms with van der Waals surface area (Å²) in [5.41, 5.74) is 7.12. The second-order valence-corrected chi connectivity index (χ2v) is 9.85. The number of hydrogen-bond donors (Lipinski definition) is 1. The Labute approximate surface area is 246 Å². The minimum Gasteiger partial charge on any atom is -0.493 e. The summed E-state index contributed by atoms with van der Waals surface area (Å²) in [7, 11) is 0. The fraction of sp³-hybridized carbons (Fsp3) is 0.308. The van der Waals surface area contributed by atoms with E-state index in [1.165, 1.54) is 11.7 Å². The van der Waals surface area contributed by atoms with E-state index >= 15 is 0 Å². The van der Waals surface area contributed by atoms with Crippen molar-refractivity contribution in [2.75, 3.05) is 13.2 Å². The van der Waals surface area contributed by atoms with Gasteiger partial charge in [-0.15, -0.1) is 15.5 Å². The molecule has 0 saturated carbocycles. The van der Waals surface area contributed by atoms with Crippen LogP contribution in [-0.2, 0) is 0 Å². The summed E-state index contributed by atoms with van der Waals surface area (Å²) in [5, 5.41) is 21.8. The van der Waals surface area contributed by atoms with E-state index in [0.29, 0.717) is 25.0 Å². The van der Waals surface area contributed by atoms with Crippen LogP contribution in [0.5, 0.6) is 11.5 Å². The predicted molar refractivity (Wildman–Crippen MR) is 146 cm³/mol. The number of benzene rings is 3. The monoisotopic (exact) mass is 542 g/mol. The molecule has 0 radical (unpaired) electrons. The van der Waals surface area contributed by atoms with E-state index in [1.54, 1.807) is 0 Å². The van der Waals surface area contributed by atoms with E-state index < -0.39 is 0 Å². The number of nitrogens with one attached hydrogen (secondary N) is 1. The molecule has 0 amide bonds. The molecule has 0 saturated heterocycles. The molecule has 0 spiro atoms. The number of H-pyrrole nitrogens is 1. The molecule has 1 N–H and O–H groups in total. The quantitative estimate of drug-likeness (QED) is 0.178. The van der Waals surface area contributed by atoms with E-state index in [1.807, 2.05) is 48.5 Å². The maximum absolute atomic E-state index is 8.00. The standard InChI is InChI=1S/C26H27N5O2S.HNO2.Na/c1-15(2)13-32-19-9-5-17(6-10-19)21-23-24(28-31-27-23)22(26-25(21)29-34-30-26)18-7-11-20(12-8-18)33-14-16(3)4;2-1-3;/h5-12,15-16,29H,13-14H2,1-4H3;(H,2,3);/q;;+1/p-1. The summed E-state index contributed by atoms with van der Waals surface area (Å²) < 4.78 is 19.8. The van der Waals surface area contributed by atoms with Gasteiger partial charge in [0.2, 0.25) is 0 Å². The Bertz CT molecular complexity index is 1310. The van der Waals surface area contributed by atoms with Gasteiger partial charge in [0.25, 0.3) is 0 Å². The maximum Gasteiger partial charge on any atom is 1.00 e. The van der Waals surface area contributed by atoms with Gasteiger partial charge in [0.05, 0.1) is 18.7 Å². The largest absolute Gasteiger partial charge is 1.00 e. The Balaban J connectivity index is 0.000000956. The van der Waals surface area contributed by atoms with Gasteiger partial charge in [-0.1, -0.05) is 52.0 Å². The van der Waals surface area contributed by atoms with Gasteiger partial charge >= 0.3 is 29.6 Å². The van der Waals surface area contributed by atoms with Gasteiger partial charge in [0, 0.05) is 22.9 Å². The molecule has 0 aliphatic carbocycles. The molecule has 3 aromatic carbocycles. The topological polar surface area (TPSA) is 138 Å². The third kappa shape index (κ3) is 6.65. The first-order chi connectivity index (χ1) is 17.9. The van der Waals surface area contributed by atoms with Crippen LogP contribution in [-0.4, -0.2) is 37.4 Å². The Kier molecular flexibility index (Phi) is 10.5. The van der Waals surface area contributed by atoms with Crippen LogP contribution in [0.25, 0.3) is 44.3 Å². The van der Waals surface area contributed by atoms with Crippen LogP contribution in [0.15, 0.2) is 53.9 Å². The SMILES string of the molecule is CC(C)COc1ccc(-c2c3nnnc3c(-c3ccc(OCC(C)C)cc3)c3[nH]snc23)cc1.O=N[O-].[Na+]. The Hall–Kier alpha value is -3.12. The second-order valence-electron chi connectivity index (χ2n) is 9.28. The van der Waals surface area contributed by atoms with E-state index in [0.717, 1.165) is 61.2 Å². The van der Waals surface area contributed by atoms with E-state index in [4.69, 9.17) is 24.0 Å². The summed E-state index contributed by atoms with van der Waals surface area (Å²) in [6.07, 6.45) is 0. The summed E-state index contributed by atoms with van der Waals surface area (Å²) in [6, 6.07) is 16.1. The van der Waals surface area contributed by atoms with Gasteiger partial charge in [-0.25, -0.2) is 0 Å². The van der Waals surface area contributed by atoms with Crippen LogP contribution in [0.2, 0.25) is 0 Å². The molecule has 0 aliphatic rings. The van der Waals surface area contributed by atoms with E-state index in [2.05, 4.69) is 47.5 Å². The molecule has 2 aromatic heterocycles. The maximum atomic E-state index is 8.00. The van der Waals surface area contributed by atoms with Crippen molar-refractivity contribution in [2.24, 2.45) is 17.2 Å². The molecule has 5 rings (SSSR count). The van der Waals surface area contributed by atoms with Crippen LogP contribution >= 0.6 is 11.7 Å². The molecule has 192 valence electrons. The summed E-state index contributed by atoms with van der Waals surface area (Å²) in [4.78, 5) is 8.00. The number of rotatable bonds is 8. The number of ether oxygens (including phenoxy) is 2. The van der Waals surface area contributed by atoms with E-state index in [-0.39, 0.29) is 29.6 Å². The molecule has 2 heterocycles. The fourth-order valence-corrected chi connectivity index (χ4v) is 4.45. The van der Waals surface area contributed by atoms with E-state index in [9.17, 15) is 0 Å². The van der Waals surface area contributed by atoms with Crippen LogP contribution in [0.3, 0.4) is 0 Å². The van der Waals surface area contributed by atoms with Crippen LogP contribution in [0.4, 0.5) is 0 Å². The average Bonchev–Trinajstić information content (AvgIpc) is 3.56. The van der Waals surface area contributed by atoms with Gasteiger partial charge in [0.1, 0.15) is 28.0 Å². The third-order valence-corrected chi connectivity index (χ3v) is 6.02. The zero-order valence-corrected chi connectivity index (χ0v) is 24.8. The first-order valence-corrected chi connectivity index (χ1v) is 12.6. The number of aromatic amines is 1. The molecule has 10 nitrogen and oxygen atoms in total. The first kappa shape index (κ1) is 29.4. The first-order valence-electron chi connectivity index (χ1n) is 11.8. The summed E-state index contributed by atoms with van der Waals surface area (Å²) >= 11 is 1.31. The second kappa shape index (κ2) is 13.6. The van der Waals surface area contributed by atoms with Crippen molar-refractivity contribution in [2.45, 2.75) is 27.7 Å². The Morgan fingerprint density at radius 1 is 0.816 bits per heavy atom. The Morgan fingerprint density at radius 2 is 1.26 bits per heavy atom. The molecule has 0 fully saturated rings. The van der Waals surface area contributed by atoms with Crippen molar-refractivity contribution in [3.05, 3.63) is 58.6 Å². The van der Waals surface area contributed by atoms with Crippen molar-refractivity contribution in [3.8, 4) is 33.8 Å². The molecule has 0 unspecified atom stereocenters. The molecule has 0 aliphatic heterocycles. The average molecular weight is 543 g/mol. The number of aromatic nitrogens is 5. The van der Waals surface area contributed by atoms with Gasteiger partial charge < -0.3 is 19.6 Å². The minimum atomic E-state index is 0.